The SMILES string of the molecule is NC(=O)CC(O)C(O)c1cccc(C(=O)O)n1. The van der Waals surface area contributed by atoms with E-state index in [0.717, 1.165) is 0 Å². The van der Waals surface area contributed by atoms with Crippen LogP contribution < -0.4 is 5.73 Å². The number of amides is 1. The summed E-state index contributed by atoms with van der Waals surface area (Å²) in [6, 6.07) is 3.98. The van der Waals surface area contributed by atoms with Gasteiger partial charge in [-0.1, -0.05) is 6.07 Å². The highest BCUT2D eigenvalue weighted by Crippen LogP contribution is 2.17. The van der Waals surface area contributed by atoms with Crippen LogP contribution in [0.5, 0.6) is 0 Å². The summed E-state index contributed by atoms with van der Waals surface area (Å²) in [5.74, 6) is -2.02. The van der Waals surface area contributed by atoms with Crippen LogP contribution in [0.3, 0.4) is 0 Å². The third-order valence-electron chi connectivity index (χ3n) is 2.07. The molecule has 0 aliphatic carbocycles. The number of hydrogen-bond donors (Lipinski definition) is 4. The van der Waals surface area contributed by atoms with Crippen molar-refractivity contribution in [2.24, 2.45) is 5.73 Å². The molecule has 1 amide bonds. The van der Waals surface area contributed by atoms with E-state index in [1.807, 2.05) is 0 Å². The van der Waals surface area contributed by atoms with Gasteiger partial charge in [0, 0.05) is 0 Å². The van der Waals surface area contributed by atoms with Crippen molar-refractivity contribution in [2.75, 3.05) is 0 Å². The zero-order valence-corrected chi connectivity index (χ0v) is 8.78. The number of hydrogen-bond acceptors (Lipinski definition) is 5. The van der Waals surface area contributed by atoms with Gasteiger partial charge >= 0.3 is 5.97 Å². The predicted octanol–water partition coefficient (Wildman–Crippen LogP) is -0.951. The topological polar surface area (TPSA) is 134 Å². The van der Waals surface area contributed by atoms with E-state index in [2.05, 4.69) is 4.98 Å². The summed E-state index contributed by atoms with van der Waals surface area (Å²) < 4.78 is 0. The molecular weight excluding hydrogens is 228 g/mol. The van der Waals surface area contributed by atoms with E-state index in [-0.39, 0.29) is 11.4 Å². The van der Waals surface area contributed by atoms with Gasteiger partial charge in [-0.15, -0.1) is 0 Å². The number of aliphatic hydroxyl groups excluding tert-OH is 2. The van der Waals surface area contributed by atoms with Gasteiger partial charge in [0.15, 0.2) is 0 Å². The highest BCUT2D eigenvalue weighted by molar-refractivity contribution is 5.85. The number of rotatable bonds is 5. The fraction of sp³-hybridized carbons (Fsp3) is 0.300. The fourth-order valence-corrected chi connectivity index (χ4v) is 1.25. The lowest BCUT2D eigenvalue weighted by Gasteiger charge is -2.15. The van der Waals surface area contributed by atoms with Crippen molar-refractivity contribution in [3.05, 3.63) is 29.6 Å². The van der Waals surface area contributed by atoms with Crippen LogP contribution in [0.2, 0.25) is 0 Å². The van der Waals surface area contributed by atoms with Gasteiger partial charge in [-0.05, 0) is 12.1 Å². The van der Waals surface area contributed by atoms with E-state index in [9.17, 15) is 19.8 Å². The van der Waals surface area contributed by atoms with Crippen LogP contribution in [0.25, 0.3) is 0 Å². The van der Waals surface area contributed by atoms with Gasteiger partial charge in [0.1, 0.15) is 11.8 Å². The van der Waals surface area contributed by atoms with Gasteiger partial charge in [-0.25, -0.2) is 9.78 Å². The molecule has 92 valence electrons. The Hall–Kier alpha value is -1.99. The van der Waals surface area contributed by atoms with E-state index >= 15 is 0 Å². The molecule has 0 saturated heterocycles. The molecular formula is C10H12N2O5. The van der Waals surface area contributed by atoms with Crippen LogP contribution in [0.15, 0.2) is 18.2 Å². The number of carboxylic acids is 1. The predicted molar refractivity (Wildman–Crippen MR) is 56.0 cm³/mol. The highest BCUT2D eigenvalue weighted by Gasteiger charge is 2.22. The van der Waals surface area contributed by atoms with Crippen molar-refractivity contribution in [3.63, 3.8) is 0 Å². The molecule has 2 unspecified atom stereocenters. The summed E-state index contributed by atoms with van der Waals surface area (Å²) in [4.78, 5) is 24.8. The van der Waals surface area contributed by atoms with Crippen LogP contribution in [0, 0.1) is 0 Å². The lowest BCUT2D eigenvalue weighted by atomic mass is 10.1. The van der Waals surface area contributed by atoms with Crippen molar-refractivity contribution in [2.45, 2.75) is 18.6 Å². The van der Waals surface area contributed by atoms with E-state index < -0.39 is 30.5 Å². The zero-order valence-electron chi connectivity index (χ0n) is 8.78. The third kappa shape index (κ3) is 3.51. The Kier molecular flexibility index (Phi) is 4.13. The van der Waals surface area contributed by atoms with Gasteiger partial charge in [-0.2, -0.15) is 0 Å². The molecule has 0 spiro atoms. The normalized spacial score (nSPS) is 14.0. The largest absolute Gasteiger partial charge is 0.477 e. The Labute approximate surface area is 96.5 Å². The Morgan fingerprint density at radius 3 is 2.53 bits per heavy atom. The summed E-state index contributed by atoms with van der Waals surface area (Å²) in [5.41, 5.74) is 4.58. The molecule has 0 saturated carbocycles. The number of carbonyl (C=O) groups excluding carboxylic acids is 1. The first-order valence-corrected chi connectivity index (χ1v) is 4.76. The van der Waals surface area contributed by atoms with E-state index in [0.29, 0.717) is 0 Å². The average molecular weight is 240 g/mol. The number of primary amides is 1. The van der Waals surface area contributed by atoms with Crippen LogP contribution in [-0.2, 0) is 4.79 Å². The van der Waals surface area contributed by atoms with Crippen molar-refractivity contribution < 1.29 is 24.9 Å². The van der Waals surface area contributed by atoms with Gasteiger partial charge in [0.05, 0.1) is 18.2 Å². The molecule has 0 aliphatic heterocycles. The molecule has 7 nitrogen and oxygen atoms in total. The first-order chi connectivity index (χ1) is 7.91. The molecule has 7 heteroatoms. The second kappa shape index (κ2) is 5.37. The second-order valence-corrected chi connectivity index (χ2v) is 3.44. The maximum atomic E-state index is 10.6. The number of aromatic nitrogens is 1. The number of nitrogens with two attached hydrogens (primary N) is 1. The van der Waals surface area contributed by atoms with Crippen LogP contribution in [0.4, 0.5) is 0 Å². The molecule has 1 aromatic heterocycles. The summed E-state index contributed by atoms with van der Waals surface area (Å²) in [6.45, 7) is 0. The van der Waals surface area contributed by atoms with E-state index in [1.54, 1.807) is 0 Å². The Balaban J connectivity index is 2.88. The Morgan fingerprint density at radius 2 is 2.00 bits per heavy atom. The first-order valence-electron chi connectivity index (χ1n) is 4.76. The molecule has 5 N–H and O–H groups in total. The van der Waals surface area contributed by atoms with Crippen LogP contribution >= 0.6 is 0 Å². The average Bonchev–Trinajstić information content (AvgIpc) is 2.27. The number of nitrogens with zero attached hydrogens (tertiary/aromatic N) is 1. The second-order valence-electron chi connectivity index (χ2n) is 3.44. The lowest BCUT2D eigenvalue weighted by Crippen LogP contribution is -2.26. The molecule has 0 bridgehead atoms. The van der Waals surface area contributed by atoms with Crippen LogP contribution in [-0.4, -0.2) is 38.3 Å². The fourth-order valence-electron chi connectivity index (χ4n) is 1.25. The molecule has 1 heterocycles. The molecule has 0 radical (unpaired) electrons. The molecule has 2 atom stereocenters. The summed E-state index contributed by atoms with van der Waals surface area (Å²) in [6.07, 6.45) is -3.30. The Bertz CT molecular complexity index is 434. The minimum absolute atomic E-state index is 0.0290. The van der Waals surface area contributed by atoms with Crippen molar-refractivity contribution in [1.82, 2.24) is 4.98 Å². The third-order valence-corrected chi connectivity index (χ3v) is 2.07. The Morgan fingerprint density at radius 1 is 1.35 bits per heavy atom. The molecule has 17 heavy (non-hydrogen) atoms. The molecule has 0 aliphatic rings. The molecule has 0 aromatic carbocycles. The van der Waals surface area contributed by atoms with Crippen molar-refractivity contribution in [3.8, 4) is 0 Å². The standard InChI is InChI=1S/C10H12N2O5/c11-8(14)4-7(13)9(15)5-2-1-3-6(12-5)10(16)17/h1-3,7,9,13,15H,4H2,(H2,11,14)(H,16,17). The first kappa shape index (κ1) is 13.1. The summed E-state index contributed by atoms with van der Waals surface area (Å²) in [5, 5.41) is 27.8. The maximum absolute atomic E-state index is 10.6. The van der Waals surface area contributed by atoms with E-state index in [1.165, 1.54) is 18.2 Å². The quantitative estimate of drug-likeness (QED) is 0.524. The maximum Gasteiger partial charge on any atom is 0.354 e. The van der Waals surface area contributed by atoms with Crippen molar-refractivity contribution in [1.29, 1.82) is 0 Å². The highest BCUT2D eigenvalue weighted by atomic mass is 16.4. The number of pyridine rings is 1. The summed E-state index contributed by atoms with van der Waals surface area (Å²) >= 11 is 0. The molecule has 0 fully saturated rings. The zero-order chi connectivity index (χ0) is 13.0. The van der Waals surface area contributed by atoms with Gasteiger partial charge in [0.2, 0.25) is 5.91 Å². The van der Waals surface area contributed by atoms with Gasteiger partial charge in [0.25, 0.3) is 0 Å². The minimum Gasteiger partial charge on any atom is -0.477 e. The van der Waals surface area contributed by atoms with Gasteiger partial charge in [-0.3, -0.25) is 4.79 Å². The van der Waals surface area contributed by atoms with Crippen molar-refractivity contribution >= 4 is 11.9 Å². The molecule has 1 rings (SSSR count). The minimum atomic E-state index is -1.46. The number of aromatic carboxylic acids is 1. The van der Waals surface area contributed by atoms with Crippen LogP contribution in [0.1, 0.15) is 28.7 Å². The van der Waals surface area contributed by atoms with E-state index in [4.69, 9.17) is 10.8 Å². The number of carbonyl (C=O) groups is 2. The number of carboxylic acid groups (broad SMARTS) is 1. The monoisotopic (exact) mass is 240 g/mol. The smallest absolute Gasteiger partial charge is 0.354 e. The molecule has 1 aromatic rings. The van der Waals surface area contributed by atoms with Gasteiger partial charge < -0.3 is 21.1 Å². The number of aliphatic hydroxyl groups is 2. The summed E-state index contributed by atoms with van der Waals surface area (Å²) in [7, 11) is 0. The lowest BCUT2D eigenvalue weighted by molar-refractivity contribution is -0.121.